The van der Waals surface area contributed by atoms with Crippen molar-refractivity contribution >= 4 is 27.2 Å². The van der Waals surface area contributed by atoms with Gasteiger partial charge in [0.1, 0.15) is 0 Å². The maximum atomic E-state index is 11.8. The smallest absolute Gasteiger partial charge is 0.181 e. The number of halogens is 1. The van der Waals surface area contributed by atoms with Crippen LogP contribution in [0.15, 0.2) is 29.2 Å². The molecule has 0 spiro atoms. The van der Waals surface area contributed by atoms with Crippen molar-refractivity contribution in [2.75, 3.05) is 18.2 Å². The largest absolute Gasteiger partial charge is 0.394 e. The first kappa shape index (κ1) is 15.1. The highest BCUT2D eigenvalue weighted by atomic mass is 35.5. The van der Waals surface area contributed by atoms with Gasteiger partial charge in [0.15, 0.2) is 15.6 Å². The molecule has 0 amide bonds. The molecule has 7 heteroatoms. The van der Waals surface area contributed by atoms with Crippen molar-refractivity contribution in [1.29, 1.82) is 0 Å². The van der Waals surface area contributed by atoms with Gasteiger partial charge in [0.2, 0.25) is 0 Å². The molecule has 2 N–H and O–H groups in total. The number of hydrogen-bond donors (Lipinski definition) is 2. The first-order valence-electron chi connectivity index (χ1n) is 5.11. The second kappa shape index (κ2) is 6.29. The third kappa shape index (κ3) is 3.78. The van der Waals surface area contributed by atoms with Gasteiger partial charge in [-0.3, -0.25) is 4.79 Å². The lowest BCUT2D eigenvalue weighted by atomic mass is 10.1. The number of benzene rings is 1. The molecule has 0 fully saturated rings. The second-order valence-corrected chi connectivity index (χ2v) is 6.00. The Morgan fingerprint density at radius 3 is 2.28 bits per heavy atom. The van der Waals surface area contributed by atoms with Crippen LogP contribution < -0.4 is 0 Å². The van der Waals surface area contributed by atoms with Crippen molar-refractivity contribution in [3.8, 4) is 0 Å². The highest BCUT2D eigenvalue weighted by Crippen LogP contribution is 2.14. The molecule has 5 nitrogen and oxygen atoms in total. The Morgan fingerprint density at radius 2 is 1.83 bits per heavy atom. The SMILES string of the molecule is O=C(CCl)c1ccc(S(=O)(=O)CC(O)CO)cc1. The van der Waals surface area contributed by atoms with Gasteiger partial charge in [-0.05, 0) is 12.1 Å². The summed E-state index contributed by atoms with van der Waals surface area (Å²) >= 11 is 5.38. The molecule has 1 aromatic carbocycles. The summed E-state index contributed by atoms with van der Waals surface area (Å²) in [5.74, 6) is -1.03. The Morgan fingerprint density at radius 1 is 1.28 bits per heavy atom. The molecule has 0 aliphatic heterocycles. The van der Waals surface area contributed by atoms with Crippen molar-refractivity contribution in [1.82, 2.24) is 0 Å². The fourth-order valence-electron chi connectivity index (χ4n) is 1.33. The van der Waals surface area contributed by atoms with Crippen LogP contribution >= 0.6 is 11.6 Å². The van der Waals surface area contributed by atoms with E-state index in [2.05, 4.69) is 0 Å². The molecule has 0 saturated heterocycles. The van der Waals surface area contributed by atoms with E-state index >= 15 is 0 Å². The lowest BCUT2D eigenvalue weighted by Crippen LogP contribution is -2.24. The Labute approximate surface area is 110 Å². The van der Waals surface area contributed by atoms with Crippen LogP contribution in [0.25, 0.3) is 0 Å². The minimum Gasteiger partial charge on any atom is -0.394 e. The van der Waals surface area contributed by atoms with Crippen LogP contribution in [-0.4, -0.2) is 48.8 Å². The number of sulfone groups is 1. The summed E-state index contributed by atoms with van der Waals surface area (Å²) in [6.45, 7) is -0.623. The molecule has 0 radical (unpaired) electrons. The highest BCUT2D eigenvalue weighted by molar-refractivity contribution is 7.91. The quantitative estimate of drug-likeness (QED) is 0.579. The molecule has 0 aliphatic rings. The van der Waals surface area contributed by atoms with Crippen molar-refractivity contribution < 1.29 is 23.4 Å². The average molecular weight is 293 g/mol. The summed E-state index contributed by atoms with van der Waals surface area (Å²) in [6, 6.07) is 5.28. The van der Waals surface area contributed by atoms with Crippen LogP contribution in [0.2, 0.25) is 0 Å². The lowest BCUT2D eigenvalue weighted by molar-refractivity contribution is 0.102. The molecular weight excluding hydrogens is 280 g/mol. The third-order valence-electron chi connectivity index (χ3n) is 2.28. The van der Waals surface area contributed by atoms with E-state index in [0.717, 1.165) is 0 Å². The van der Waals surface area contributed by atoms with E-state index < -0.39 is 28.3 Å². The number of hydrogen-bond acceptors (Lipinski definition) is 5. The number of rotatable bonds is 6. The van der Waals surface area contributed by atoms with E-state index in [9.17, 15) is 13.2 Å². The molecule has 1 atom stereocenters. The summed E-state index contributed by atoms with van der Waals surface area (Å²) in [5.41, 5.74) is 0.326. The van der Waals surface area contributed by atoms with Gasteiger partial charge >= 0.3 is 0 Å². The Kier molecular flexibility index (Phi) is 5.28. The molecule has 100 valence electrons. The van der Waals surface area contributed by atoms with Crippen LogP contribution in [0.4, 0.5) is 0 Å². The molecule has 0 bridgehead atoms. The Hall–Kier alpha value is -0.950. The molecule has 0 aromatic heterocycles. The molecule has 0 saturated carbocycles. The molecule has 0 aliphatic carbocycles. The van der Waals surface area contributed by atoms with E-state index in [1.165, 1.54) is 24.3 Å². The normalized spacial score (nSPS) is 13.3. The van der Waals surface area contributed by atoms with Gasteiger partial charge in [0, 0.05) is 5.56 Å². The van der Waals surface area contributed by atoms with Crippen molar-refractivity contribution in [3.05, 3.63) is 29.8 Å². The monoisotopic (exact) mass is 292 g/mol. The maximum absolute atomic E-state index is 11.8. The molecular formula is C11H13ClO5S. The predicted molar refractivity (Wildman–Crippen MR) is 66.6 cm³/mol. The predicted octanol–water partition coefficient (Wildman–Crippen LogP) is 0.235. The van der Waals surface area contributed by atoms with Gasteiger partial charge in [-0.2, -0.15) is 0 Å². The van der Waals surface area contributed by atoms with Crippen LogP contribution in [0.5, 0.6) is 0 Å². The van der Waals surface area contributed by atoms with E-state index in [-0.39, 0.29) is 16.6 Å². The van der Waals surface area contributed by atoms with Crippen LogP contribution in [0.1, 0.15) is 10.4 Å². The van der Waals surface area contributed by atoms with Crippen LogP contribution in [0.3, 0.4) is 0 Å². The standard InChI is InChI=1S/C11H13ClO5S/c12-5-11(15)8-1-3-10(4-2-8)18(16,17)7-9(14)6-13/h1-4,9,13-14H,5-7H2. The van der Waals surface area contributed by atoms with Gasteiger partial charge in [-0.25, -0.2) is 8.42 Å². The summed E-state index contributed by atoms with van der Waals surface area (Å²) in [4.78, 5) is 11.2. The first-order valence-corrected chi connectivity index (χ1v) is 7.30. The fraction of sp³-hybridized carbons (Fsp3) is 0.364. The van der Waals surface area contributed by atoms with Gasteiger partial charge in [-0.1, -0.05) is 12.1 Å². The average Bonchev–Trinajstić information content (AvgIpc) is 2.37. The summed E-state index contributed by atoms with van der Waals surface area (Å²) in [6.07, 6.45) is -1.32. The second-order valence-electron chi connectivity index (χ2n) is 3.70. The van der Waals surface area contributed by atoms with Gasteiger partial charge in [0.25, 0.3) is 0 Å². The lowest BCUT2D eigenvalue weighted by Gasteiger charge is -2.08. The molecule has 18 heavy (non-hydrogen) atoms. The number of aliphatic hydroxyl groups is 2. The van der Waals surface area contributed by atoms with Gasteiger partial charge < -0.3 is 10.2 Å². The zero-order chi connectivity index (χ0) is 13.8. The topological polar surface area (TPSA) is 91.7 Å². The number of carbonyl (C=O) groups is 1. The summed E-state index contributed by atoms with van der Waals surface area (Å²) in [7, 11) is -3.68. The van der Waals surface area contributed by atoms with E-state index in [4.69, 9.17) is 21.8 Å². The first-order chi connectivity index (χ1) is 8.40. The fourth-order valence-corrected chi connectivity index (χ4v) is 2.84. The van der Waals surface area contributed by atoms with E-state index in [1.807, 2.05) is 0 Å². The minimum atomic E-state index is -3.68. The number of alkyl halides is 1. The van der Waals surface area contributed by atoms with Gasteiger partial charge in [-0.15, -0.1) is 11.6 Å². The zero-order valence-electron chi connectivity index (χ0n) is 9.41. The van der Waals surface area contributed by atoms with Crippen molar-refractivity contribution in [3.63, 3.8) is 0 Å². The molecule has 0 heterocycles. The van der Waals surface area contributed by atoms with Crippen LogP contribution in [-0.2, 0) is 9.84 Å². The van der Waals surface area contributed by atoms with E-state index in [0.29, 0.717) is 5.56 Å². The highest BCUT2D eigenvalue weighted by Gasteiger charge is 2.19. The number of ketones is 1. The van der Waals surface area contributed by atoms with Gasteiger partial charge in [0.05, 0.1) is 29.2 Å². The Bertz CT molecular complexity index is 509. The number of aliphatic hydroxyl groups excluding tert-OH is 2. The summed E-state index contributed by atoms with van der Waals surface area (Å²) < 4.78 is 23.5. The van der Waals surface area contributed by atoms with Crippen molar-refractivity contribution in [2.45, 2.75) is 11.0 Å². The zero-order valence-corrected chi connectivity index (χ0v) is 11.0. The number of carbonyl (C=O) groups excluding carboxylic acids is 1. The number of Topliss-reactive ketones (excluding diaryl/α,β-unsaturated/α-hetero) is 1. The van der Waals surface area contributed by atoms with Crippen LogP contribution in [0, 0.1) is 0 Å². The van der Waals surface area contributed by atoms with Crippen molar-refractivity contribution in [2.24, 2.45) is 0 Å². The Balaban J connectivity index is 2.94. The minimum absolute atomic E-state index is 0.0128. The third-order valence-corrected chi connectivity index (χ3v) is 4.34. The summed E-state index contributed by atoms with van der Waals surface area (Å²) in [5, 5.41) is 17.8. The maximum Gasteiger partial charge on any atom is 0.181 e. The molecule has 1 aromatic rings. The molecule has 1 rings (SSSR count). The van der Waals surface area contributed by atoms with E-state index in [1.54, 1.807) is 0 Å². The molecule has 1 unspecified atom stereocenters.